The lowest BCUT2D eigenvalue weighted by Gasteiger charge is -2.12. The molecule has 0 atom stereocenters. The Bertz CT molecular complexity index is 325. The molecule has 0 amide bonds. The highest BCUT2D eigenvalue weighted by Crippen LogP contribution is 2.22. The SMILES string of the molecule is CN=CC=CC1=CC=CC(C)(C)C=C1. The Morgan fingerprint density at radius 2 is 2.07 bits per heavy atom. The average Bonchev–Trinajstić information content (AvgIpc) is 2.28. The van der Waals surface area contributed by atoms with E-state index >= 15 is 0 Å². The van der Waals surface area contributed by atoms with Crippen LogP contribution in [0.4, 0.5) is 0 Å². The maximum Gasteiger partial charge on any atom is 0.0277 e. The molecular formula is C13H17N. The maximum absolute atomic E-state index is 3.89. The lowest BCUT2D eigenvalue weighted by molar-refractivity contribution is 0.627. The first kappa shape index (κ1) is 10.7. The Morgan fingerprint density at radius 3 is 2.79 bits per heavy atom. The van der Waals surface area contributed by atoms with E-state index in [0.717, 1.165) is 0 Å². The molecule has 0 spiro atoms. The summed E-state index contributed by atoms with van der Waals surface area (Å²) in [6.45, 7) is 4.38. The van der Waals surface area contributed by atoms with Gasteiger partial charge in [-0.1, -0.05) is 50.3 Å². The van der Waals surface area contributed by atoms with Crippen molar-refractivity contribution in [2.24, 2.45) is 10.4 Å². The van der Waals surface area contributed by atoms with Crippen molar-refractivity contribution in [2.45, 2.75) is 13.8 Å². The van der Waals surface area contributed by atoms with Gasteiger partial charge in [0.2, 0.25) is 0 Å². The van der Waals surface area contributed by atoms with Gasteiger partial charge in [0.25, 0.3) is 0 Å². The van der Waals surface area contributed by atoms with Gasteiger partial charge in [-0.15, -0.1) is 0 Å². The van der Waals surface area contributed by atoms with Crippen molar-refractivity contribution in [2.75, 3.05) is 7.05 Å². The van der Waals surface area contributed by atoms with E-state index in [1.54, 1.807) is 13.3 Å². The second-order valence-corrected chi connectivity index (χ2v) is 3.95. The Kier molecular flexibility index (Phi) is 3.63. The highest BCUT2D eigenvalue weighted by Gasteiger charge is 2.09. The van der Waals surface area contributed by atoms with Crippen LogP contribution in [-0.4, -0.2) is 13.3 Å². The van der Waals surface area contributed by atoms with Crippen LogP contribution in [0.1, 0.15) is 13.8 Å². The number of nitrogens with zero attached hydrogens (tertiary/aromatic N) is 1. The molecule has 0 aromatic rings. The molecule has 14 heavy (non-hydrogen) atoms. The van der Waals surface area contributed by atoms with E-state index in [1.807, 2.05) is 6.08 Å². The normalized spacial score (nSPS) is 20.4. The summed E-state index contributed by atoms with van der Waals surface area (Å²) >= 11 is 0. The van der Waals surface area contributed by atoms with Gasteiger partial charge < -0.3 is 0 Å². The highest BCUT2D eigenvalue weighted by molar-refractivity contribution is 5.72. The molecule has 1 aliphatic carbocycles. The first-order chi connectivity index (χ1) is 6.64. The van der Waals surface area contributed by atoms with Crippen LogP contribution in [0.5, 0.6) is 0 Å². The van der Waals surface area contributed by atoms with Gasteiger partial charge in [-0.05, 0) is 11.6 Å². The summed E-state index contributed by atoms with van der Waals surface area (Å²) in [5, 5.41) is 0. The third kappa shape index (κ3) is 3.56. The third-order valence-electron chi connectivity index (χ3n) is 2.04. The van der Waals surface area contributed by atoms with Crippen molar-refractivity contribution in [1.82, 2.24) is 0 Å². The van der Waals surface area contributed by atoms with Crippen LogP contribution < -0.4 is 0 Å². The van der Waals surface area contributed by atoms with Crippen LogP contribution in [0.3, 0.4) is 0 Å². The van der Waals surface area contributed by atoms with E-state index in [2.05, 4.69) is 55.3 Å². The van der Waals surface area contributed by atoms with E-state index in [1.165, 1.54) is 5.57 Å². The topological polar surface area (TPSA) is 12.4 Å². The van der Waals surface area contributed by atoms with Crippen molar-refractivity contribution in [3.63, 3.8) is 0 Å². The highest BCUT2D eigenvalue weighted by atomic mass is 14.6. The molecule has 1 nitrogen and oxygen atoms in total. The Labute approximate surface area is 86.2 Å². The molecule has 0 saturated heterocycles. The van der Waals surface area contributed by atoms with Crippen molar-refractivity contribution < 1.29 is 0 Å². The van der Waals surface area contributed by atoms with Crippen molar-refractivity contribution >= 4 is 6.21 Å². The Balaban J connectivity index is 2.75. The molecule has 0 saturated carbocycles. The van der Waals surface area contributed by atoms with Crippen molar-refractivity contribution in [3.8, 4) is 0 Å². The molecule has 0 unspecified atom stereocenters. The molecule has 0 aliphatic heterocycles. The van der Waals surface area contributed by atoms with E-state index in [-0.39, 0.29) is 5.41 Å². The molecule has 1 rings (SSSR count). The molecule has 1 aliphatic rings. The van der Waals surface area contributed by atoms with Crippen LogP contribution >= 0.6 is 0 Å². The third-order valence-corrected chi connectivity index (χ3v) is 2.04. The van der Waals surface area contributed by atoms with Crippen LogP contribution in [0.25, 0.3) is 0 Å². The Hall–Kier alpha value is -1.37. The standard InChI is InChI=1S/C13H17N/c1-13(2)9-4-6-12(8-10-13)7-5-11-14-3/h4-11H,1-3H3. The molecule has 74 valence electrons. The first-order valence-electron chi connectivity index (χ1n) is 4.82. The summed E-state index contributed by atoms with van der Waals surface area (Å²) in [7, 11) is 1.77. The molecule has 0 aromatic heterocycles. The zero-order valence-corrected chi connectivity index (χ0v) is 9.07. The molecule has 0 N–H and O–H groups in total. The lowest BCUT2D eigenvalue weighted by Crippen LogP contribution is -2.00. The monoisotopic (exact) mass is 187 g/mol. The van der Waals surface area contributed by atoms with Gasteiger partial charge in [0.15, 0.2) is 0 Å². The van der Waals surface area contributed by atoms with Crippen molar-refractivity contribution in [3.05, 3.63) is 48.1 Å². The zero-order valence-electron chi connectivity index (χ0n) is 9.07. The predicted molar refractivity (Wildman–Crippen MR) is 63.7 cm³/mol. The number of aliphatic imine (C=N–C) groups is 1. The summed E-state index contributed by atoms with van der Waals surface area (Å²) in [5.74, 6) is 0. The van der Waals surface area contributed by atoms with Gasteiger partial charge in [-0.25, -0.2) is 0 Å². The molecule has 0 radical (unpaired) electrons. The smallest absolute Gasteiger partial charge is 0.0277 e. The van der Waals surface area contributed by atoms with Gasteiger partial charge in [0, 0.05) is 18.7 Å². The summed E-state index contributed by atoms with van der Waals surface area (Å²) in [5.41, 5.74) is 1.36. The minimum Gasteiger partial charge on any atom is -0.297 e. The van der Waals surface area contributed by atoms with Crippen LogP contribution in [0.15, 0.2) is 53.1 Å². The fourth-order valence-electron chi connectivity index (χ4n) is 1.18. The van der Waals surface area contributed by atoms with Gasteiger partial charge in [-0.3, -0.25) is 4.99 Å². The Morgan fingerprint density at radius 1 is 1.29 bits per heavy atom. The maximum atomic E-state index is 3.89. The van der Waals surface area contributed by atoms with Gasteiger partial charge in [0.1, 0.15) is 0 Å². The lowest BCUT2D eigenvalue weighted by atomic mass is 9.93. The van der Waals surface area contributed by atoms with Crippen molar-refractivity contribution in [1.29, 1.82) is 0 Å². The minimum atomic E-state index is 0.158. The molecular weight excluding hydrogens is 170 g/mol. The fraction of sp³-hybridized carbons (Fsp3) is 0.308. The first-order valence-corrected chi connectivity index (χ1v) is 4.82. The molecule has 0 aromatic carbocycles. The number of hydrogen-bond donors (Lipinski definition) is 0. The van der Waals surface area contributed by atoms with E-state index in [0.29, 0.717) is 0 Å². The van der Waals surface area contributed by atoms with Gasteiger partial charge >= 0.3 is 0 Å². The quantitative estimate of drug-likeness (QED) is 0.588. The minimum absolute atomic E-state index is 0.158. The largest absolute Gasteiger partial charge is 0.297 e. The van der Waals surface area contributed by atoms with E-state index < -0.39 is 0 Å². The summed E-state index contributed by atoms with van der Waals surface area (Å²) in [4.78, 5) is 3.89. The summed E-state index contributed by atoms with van der Waals surface area (Å²) < 4.78 is 0. The molecule has 0 bridgehead atoms. The number of hydrogen-bond acceptors (Lipinski definition) is 1. The van der Waals surface area contributed by atoms with Crippen LogP contribution in [-0.2, 0) is 0 Å². The molecule has 0 heterocycles. The van der Waals surface area contributed by atoms with E-state index in [4.69, 9.17) is 0 Å². The number of rotatable bonds is 2. The molecule has 0 fully saturated rings. The number of allylic oxidation sites excluding steroid dienone is 8. The second-order valence-electron chi connectivity index (χ2n) is 3.95. The predicted octanol–water partition coefficient (Wildman–Crippen LogP) is 3.32. The summed E-state index contributed by atoms with van der Waals surface area (Å²) in [6, 6.07) is 0. The fourth-order valence-corrected chi connectivity index (χ4v) is 1.18. The average molecular weight is 187 g/mol. The van der Waals surface area contributed by atoms with Gasteiger partial charge in [0.05, 0.1) is 0 Å². The molecule has 1 heteroatoms. The zero-order chi connectivity index (χ0) is 10.4. The second kappa shape index (κ2) is 4.75. The van der Waals surface area contributed by atoms with Gasteiger partial charge in [-0.2, -0.15) is 0 Å². The van der Waals surface area contributed by atoms with Crippen LogP contribution in [0, 0.1) is 5.41 Å². The van der Waals surface area contributed by atoms with Crippen LogP contribution in [0.2, 0.25) is 0 Å². The van der Waals surface area contributed by atoms with E-state index in [9.17, 15) is 0 Å². The summed E-state index contributed by atoms with van der Waals surface area (Å²) in [6.07, 6.45) is 16.5.